The Kier molecular flexibility index (Phi) is 4.83. The van der Waals surface area contributed by atoms with Crippen LogP contribution in [0.15, 0.2) is 23.8 Å². The second-order valence-electron chi connectivity index (χ2n) is 4.34. The van der Waals surface area contributed by atoms with Gasteiger partial charge in [-0.05, 0) is 25.8 Å². The molecule has 0 aromatic rings. The summed E-state index contributed by atoms with van der Waals surface area (Å²) in [7, 11) is 0. The van der Waals surface area contributed by atoms with Crippen molar-refractivity contribution >= 4 is 18.2 Å². The molecule has 3 amide bonds. The molecule has 18 heavy (non-hydrogen) atoms. The van der Waals surface area contributed by atoms with Crippen LogP contribution in [0, 0.1) is 0 Å². The van der Waals surface area contributed by atoms with E-state index < -0.39 is 11.9 Å². The summed E-state index contributed by atoms with van der Waals surface area (Å²) >= 11 is 0. The van der Waals surface area contributed by atoms with Gasteiger partial charge in [-0.2, -0.15) is 0 Å². The predicted molar refractivity (Wildman–Crippen MR) is 67.5 cm³/mol. The number of carbonyl (C=O) groups excluding carboxylic acids is 3. The van der Waals surface area contributed by atoms with Crippen LogP contribution in [0.4, 0.5) is 0 Å². The zero-order valence-corrected chi connectivity index (χ0v) is 10.7. The lowest BCUT2D eigenvalue weighted by molar-refractivity contribution is -0.140. The summed E-state index contributed by atoms with van der Waals surface area (Å²) in [4.78, 5) is 35.2. The molecule has 5 nitrogen and oxygen atoms in total. The van der Waals surface area contributed by atoms with Gasteiger partial charge in [0.2, 0.25) is 18.2 Å². The van der Waals surface area contributed by atoms with Crippen LogP contribution in [0.2, 0.25) is 0 Å². The van der Waals surface area contributed by atoms with Crippen LogP contribution in [0.3, 0.4) is 0 Å². The smallest absolute Gasteiger partial charge is 0.249 e. The fraction of sp³-hybridized carbons (Fsp3) is 0.462. The van der Waals surface area contributed by atoms with Gasteiger partial charge in [-0.25, -0.2) is 0 Å². The van der Waals surface area contributed by atoms with Crippen molar-refractivity contribution in [2.75, 3.05) is 6.54 Å². The van der Waals surface area contributed by atoms with Crippen LogP contribution < -0.4 is 5.32 Å². The third-order valence-electron chi connectivity index (χ3n) is 3.00. The molecule has 1 fully saturated rings. The fourth-order valence-electron chi connectivity index (χ4n) is 1.89. The number of hydrogen-bond donors (Lipinski definition) is 1. The van der Waals surface area contributed by atoms with E-state index in [-0.39, 0.29) is 12.3 Å². The number of nitrogens with zero attached hydrogens (tertiary/aromatic N) is 1. The zero-order valence-electron chi connectivity index (χ0n) is 10.7. The van der Waals surface area contributed by atoms with Crippen molar-refractivity contribution < 1.29 is 14.4 Å². The number of carbonyl (C=O) groups is 3. The van der Waals surface area contributed by atoms with Gasteiger partial charge < -0.3 is 4.90 Å². The minimum absolute atomic E-state index is 0.263. The summed E-state index contributed by atoms with van der Waals surface area (Å²) in [5, 5.41) is 2.24. The number of allylic oxidation sites excluding steroid dienone is 1. The molecule has 1 heterocycles. The summed E-state index contributed by atoms with van der Waals surface area (Å²) in [5.74, 6) is -0.691. The highest BCUT2D eigenvalue weighted by Crippen LogP contribution is 2.15. The summed E-state index contributed by atoms with van der Waals surface area (Å²) in [6.45, 7) is 7.87. The molecule has 1 rings (SSSR count). The Hall–Kier alpha value is -1.91. The lowest BCUT2D eigenvalue weighted by atomic mass is 10.0. The molecule has 1 aliphatic heterocycles. The highest BCUT2D eigenvalue weighted by atomic mass is 16.2. The quantitative estimate of drug-likeness (QED) is 0.445. The monoisotopic (exact) mass is 250 g/mol. The predicted octanol–water partition coefficient (Wildman–Crippen LogP) is 0.772. The number of amides is 3. The molecule has 0 aromatic carbocycles. The molecule has 0 aliphatic carbocycles. The van der Waals surface area contributed by atoms with Gasteiger partial charge in [0.15, 0.2) is 0 Å². The van der Waals surface area contributed by atoms with E-state index in [0.717, 1.165) is 11.1 Å². The van der Waals surface area contributed by atoms with Crippen LogP contribution >= 0.6 is 0 Å². The van der Waals surface area contributed by atoms with Gasteiger partial charge in [0.05, 0.1) is 0 Å². The molecule has 1 aliphatic rings. The molecule has 98 valence electrons. The highest BCUT2D eigenvalue weighted by Gasteiger charge is 2.31. The van der Waals surface area contributed by atoms with Crippen LogP contribution in [0.1, 0.15) is 26.7 Å². The van der Waals surface area contributed by atoms with Gasteiger partial charge in [0.25, 0.3) is 0 Å². The van der Waals surface area contributed by atoms with Gasteiger partial charge in [0.1, 0.15) is 6.04 Å². The Balaban J connectivity index is 2.78. The fourth-order valence-corrected chi connectivity index (χ4v) is 1.89. The Labute approximate surface area is 107 Å². The van der Waals surface area contributed by atoms with Crippen LogP contribution in [0.25, 0.3) is 0 Å². The Morgan fingerprint density at radius 3 is 2.67 bits per heavy atom. The topological polar surface area (TPSA) is 66.5 Å². The Bertz CT molecular complexity index is 412. The maximum atomic E-state index is 11.7. The molecule has 1 saturated heterocycles. The molecule has 0 aromatic heterocycles. The normalized spacial score (nSPS) is 20.3. The first-order chi connectivity index (χ1) is 8.49. The van der Waals surface area contributed by atoms with Crippen LogP contribution in [-0.2, 0) is 14.4 Å². The Morgan fingerprint density at radius 1 is 1.56 bits per heavy atom. The summed E-state index contributed by atoms with van der Waals surface area (Å²) in [6.07, 6.45) is 3.15. The van der Waals surface area contributed by atoms with E-state index in [9.17, 15) is 14.4 Å². The van der Waals surface area contributed by atoms with Crippen LogP contribution in [-0.4, -0.2) is 35.7 Å². The molecule has 5 heteroatoms. The van der Waals surface area contributed by atoms with Crippen molar-refractivity contribution in [3.63, 3.8) is 0 Å². The molecular formula is C13H18N2O3. The van der Waals surface area contributed by atoms with E-state index in [1.54, 1.807) is 0 Å². The summed E-state index contributed by atoms with van der Waals surface area (Å²) in [5.41, 5.74) is 1.77. The van der Waals surface area contributed by atoms with Crippen molar-refractivity contribution in [1.82, 2.24) is 10.2 Å². The van der Waals surface area contributed by atoms with Gasteiger partial charge in [0, 0.05) is 13.0 Å². The third kappa shape index (κ3) is 3.29. The standard InChI is InChI=1S/C13H18N2O3/c1-4-10(9(2)3)7-15(8-16)11-5-6-12(17)14-13(11)18/h4,8,11H,2,5-7H2,1,3H3,(H,14,17,18)/b10-4+. The number of nitrogens with one attached hydrogen (secondary N) is 1. The number of rotatable bonds is 5. The second kappa shape index (κ2) is 6.14. The largest absolute Gasteiger partial charge is 0.329 e. The molecule has 1 unspecified atom stereocenters. The molecule has 0 bridgehead atoms. The molecule has 1 N–H and O–H groups in total. The SMILES string of the molecule is C=C(C)/C(=C/C)CN(C=O)C1CCC(=O)NC1=O. The first-order valence-corrected chi connectivity index (χ1v) is 5.85. The minimum atomic E-state index is -0.575. The number of hydrogen-bond acceptors (Lipinski definition) is 3. The average Bonchev–Trinajstić information content (AvgIpc) is 2.31. The number of imide groups is 1. The Morgan fingerprint density at radius 2 is 2.22 bits per heavy atom. The van der Waals surface area contributed by atoms with Crippen molar-refractivity contribution in [2.24, 2.45) is 0 Å². The maximum absolute atomic E-state index is 11.7. The van der Waals surface area contributed by atoms with E-state index in [1.807, 2.05) is 19.9 Å². The average molecular weight is 250 g/mol. The first-order valence-electron chi connectivity index (χ1n) is 5.85. The zero-order chi connectivity index (χ0) is 13.7. The van der Waals surface area contributed by atoms with E-state index in [2.05, 4.69) is 11.9 Å². The van der Waals surface area contributed by atoms with Gasteiger partial charge in [-0.3, -0.25) is 19.7 Å². The molecule has 0 radical (unpaired) electrons. The molecule has 0 saturated carbocycles. The van der Waals surface area contributed by atoms with Crippen LogP contribution in [0.5, 0.6) is 0 Å². The number of piperidine rings is 1. The molecular weight excluding hydrogens is 232 g/mol. The van der Waals surface area contributed by atoms with Crippen molar-refractivity contribution in [3.8, 4) is 0 Å². The summed E-state index contributed by atoms with van der Waals surface area (Å²) in [6, 6.07) is -0.575. The maximum Gasteiger partial charge on any atom is 0.249 e. The van der Waals surface area contributed by atoms with Gasteiger partial charge in [-0.15, -0.1) is 0 Å². The molecule has 0 spiro atoms. The second-order valence-corrected chi connectivity index (χ2v) is 4.34. The van der Waals surface area contributed by atoms with E-state index >= 15 is 0 Å². The lowest BCUT2D eigenvalue weighted by Gasteiger charge is -2.30. The molecule has 1 atom stereocenters. The van der Waals surface area contributed by atoms with Crippen molar-refractivity contribution in [1.29, 1.82) is 0 Å². The summed E-state index contributed by atoms with van der Waals surface area (Å²) < 4.78 is 0. The van der Waals surface area contributed by atoms with E-state index in [0.29, 0.717) is 19.4 Å². The van der Waals surface area contributed by atoms with Crippen molar-refractivity contribution in [2.45, 2.75) is 32.7 Å². The van der Waals surface area contributed by atoms with Gasteiger partial charge >= 0.3 is 0 Å². The van der Waals surface area contributed by atoms with Gasteiger partial charge in [-0.1, -0.05) is 18.2 Å². The third-order valence-corrected chi connectivity index (χ3v) is 3.00. The highest BCUT2D eigenvalue weighted by molar-refractivity contribution is 6.00. The van der Waals surface area contributed by atoms with Crippen molar-refractivity contribution in [3.05, 3.63) is 23.8 Å². The van der Waals surface area contributed by atoms with E-state index in [4.69, 9.17) is 0 Å². The van der Waals surface area contributed by atoms with E-state index in [1.165, 1.54) is 4.90 Å². The first kappa shape index (κ1) is 14.2. The lowest BCUT2D eigenvalue weighted by Crippen LogP contribution is -2.52. The minimum Gasteiger partial charge on any atom is -0.329 e.